The standard InChI is InChI=1S/C16H27N5O2S2.HI/c1-17-16(18-4-5-19-10-13-25(22,23)14-11-19)21-8-6-20(7-9-21)15-3-2-12-24-15;/h2-3,12H,4-11,13-14H2,1H3,(H,17,18);1H. The van der Waals surface area contributed by atoms with Gasteiger partial charge in [0, 0.05) is 59.4 Å². The average Bonchev–Trinajstić information content (AvgIpc) is 3.15. The highest BCUT2D eigenvalue weighted by atomic mass is 127. The lowest BCUT2D eigenvalue weighted by Crippen LogP contribution is -2.53. The first-order valence-electron chi connectivity index (χ1n) is 8.74. The van der Waals surface area contributed by atoms with Gasteiger partial charge in [0.1, 0.15) is 0 Å². The fourth-order valence-corrected chi connectivity index (χ4v) is 5.28. The third-order valence-corrected chi connectivity index (χ3v) is 7.30. The van der Waals surface area contributed by atoms with Crippen LogP contribution in [0.3, 0.4) is 0 Å². The molecule has 2 aliphatic rings. The van der Waals surface area contributed by atoms with E-state index in [1.54, 1.807) is 11.3 Å². The molecule has 0 bridgehead atoms. The van der Waals surface area contributed by atoms with Gasteiger partial charge >= 0.3 is 0 Å². The fraction of sp³-hybridized carbons (Fsp3) is 0.688. The Morgan fingerprint density at radius 2 is 1.88 bits per heavy atom. The lowest BCUT2D eigenvalue weighted by Gasteiger charge is -2.37. The molecule has 26 heavy (non-hydrogen) atoms. The minimum absolute atomic E-state index is 0. The van der Waals surface area contributed by atoms with Crippen molar-refractivity contribution < 1.29 is 8.42 Å². The Morgan fingerprint density at radius 3 is 2.46 bits per heavy atom. The number of aliphatic imine (C=N–C) groups is 1. The minimum Gasteiger partial charge on any atom is -0.360 e. The maximum Gasteiger partial charge on any atom is 0.193 e. The number of nitrogens with one attached hydrogen (secondary N) is 1. The van der Waals surface area contributed by atoms with Crippen molar-refractivity contribution in [3.8, 4) is 0 Å². The van der Waals surface area contributed by atoms with E-state index in [1.807, 2.05) is 7.05 Å². The van der Waals surface area contributed by atoms with E-state index in [4.69, 9.17) is 0 Å². The summed E-state index contributed by atoms with van der Waals surface area (Å²) in [5.41, 5.74) is 0. The third-order valence-electron chi connectivity index (χ3n) is 4.76. The zero-order chi connectivity index (χ0) is 17.7. The lowest BCUT2D eigenvalue weighted by atomic mass is 10.3. The van der Waals surface area contributed by atoms with Gasteiger partial charge in [0.25, 0.3) is 0 Å². The summed E-state index contributed by atoms with van der Waals surface area (Å²) in [6, 6.07) is 4.27. The van der Waals surface area contributed by atoms with Crippen LogP contribution >= 0.6 is 35.3 Å². The first-order valence-corrected chi connectivity index (χ1v) is 11.4. The quantitative estimate of drug-likeness (QED) is 0.365. The van der Waals surface area contributed by atoms with E-state index in [1.165, 1.54) is 5.00 Å². The van der Waals surface area contributed by atoms with Crippen LogP contribution in [0.1, 0.15) is 0 Å². The molecular weight excluding hydrogens is 485 g/mol. The van der Waals surface area contributed by atoms with Crippen LogP contribution in [0.2, 0.25) is 0 Å². The van der Waals surface area contributed by atoms with Crippen molar-refractivity contribution in [2.75, 3.05) is 75.8 Å². The molecule has 148 valence electrons. The van der Waals surface area contributed by atoms with Gasteiger partial charge in [-0.2, -0.15) is 0 Å². The molecule has 0 radical (unpaired) electrons. The summed E-state index contributed by atoms with van der Waals surface area (Å²) in [7, 11) is -0.980. The topological polar surface area (TPSA) is 68.2 Å². The highest BCUT2D eigenvalue weighted by molar-refractivity contribution is 14.0. The molecule has 1 aromatic rings. The van der Waals surface area contributed by atoms with Gasteiger partial charge in [-0.05, 0) is 17.5 Å². The second-order valence-corrected chi connectivity index (χ2v) is 9.62. The van der Waals surface area contributed by atoms with Crippen molar-refractivity contribution in [2.45, 2.75) is 0 Å². The van der Waals surface area contributed by atoms with E-state index in [-0.39, 0.29) is 35.5 Å². The summed E-state index contributed by atoms with van der Waals surface area (Å²) in [6.07, 6.45) is 0. The maximum atomic E-state index is 11.5. The molecule has 0 aliphatic carbocycles. The molecular formula is C16H28IN5O2S2. The van der Waals surface area contributed by atoms with E-state index in [2.05, 4.69) is 42.5 Å². The second-order valence-electron chi connectivity index (χ2n) is 6.39. The first-order chi connectivity index (χ1) is 12.1. The molecule has 0 saturated carbocycles. The second kappa shape index (κ2) is 10.1. The van der Waals surface area contributed by atoms with Crippen LogP contribution in [0.25, 0.3) is 0 Å². The minimum atomic E-state index is -2.80. The van der Waals surface area contributed by atoms with E-state index < -0.39 is 9.84 Å². The Labute approximate surface area is 177 Å². The number of hydrogen-bond acceptors (Lipinski definition) is 6. The monoisotopic (exact) mass is 513 g/mol. The molecule has 1 N–H and O–H groups in total. The van der Waals surface area contributed by atoms with Crippen molar-refractivity contribution in [1.29, 1.82) is 0 Å². The predicted octanol–water partition coefficient (Wildman–Crippen LogP) is 0.794. The molecule has 2 saturated heterocycles. The molecule has 0 atom stereocenters. The molecule has 2 aliphatic heterocycles. The van der Waals surface area contributed by atoms with Gasteiger partial charge < -0.3 is 15.1 Å². The summed E-state index contributed by atoms with van der Waals surface area (Å²) in [4.78, 5) is 11.3. The molecule has 0 spiro atoms. The summed E-state index contributed by atoms with van der Waals surface area (Å²) < 4.78 is 22.9. The Hall–Kier alpha value is -0.590. The van der Waals surface area contributed by atoms with Crippen LogP contribution < -0.4 is 10.2 Å². The van der Waals surface area contributed by atoms with Crippen molar-refractivity contribution in [3.05, 3.63) is 17.5 Å². The van der Waals surface area contributed by atoms with Crippen LogP contribution in [0.4, 0.5) is 5.00 Å². The molecule has 7 nitrogen and oxygen atoms in total. The number of nitrogens with zero attached hydrogens (tertiary/aromatic N) is 4. The van der Waals surface area contributed by atoms with E-state index >= 15 is 0 Å². The van der Waals surface area contributed by atoms with Gasteiger partial charge in [0.2, 0.25) is 0 Å². The smallest absolute Gasteiger partial charge is 0.193 e. The van der Waals surface area contributed by atoms with Gasteiger partial charge in [0.15, 0.2) is 15.8 Å². The number of piperazine rings is 1. The molecule has 0 amide bonds. The zero-order valence-electron chi connectivity index (χ0n) is 15.1. The van der Waals surface area contributed by atoms with E-state index in [0.29, 0.717) is 13.1 Å². The number of hydrogen-bond donors (Lipinski definition) is 1. The zero-order valence-corrected chi connectivity index (χ0v) is 19.1. The van der Waals surface area contributed by atoms with Gasteiger partial charge in [-0.25, -0.2) is 8.42 Å². The van der Waals surface area contributed by atoms with Gasteiger partial charge in [-0.15, -0.1) is 35.3 Å². The van der Waals surface area contributed by atoms with E-state index in [0.717, 1.165) is 45.2 Å². The van der Waals surface area contributed by atoms with Crippen molar-refractivity contribution in [1.82, 2.24) is 15.1 Å². The SMILES string of the molecule is CN=C(NCCN1CCS(=O)(=O)CC1)N1CCN(c2cccs2)CC1.I. The first kappa shape index (κ1) is 21.7. The van der Waals surface area contributed by atoms with Crippen molar-refractivity contribution in [2.24, 2.45) is 4.99 Å². The fourth-order valence-electron chi connectivity index (χ4n) is 3.22. The summed E-state index contributed by atoms with van der Waals surface area (Å²) in [5.74, 6) is 1.51. The predicted molar refractivity (Wildman–Crippen MR) is 120 cm³/mol. The molecule has 10 heteroatoms. The van der Waals surface area contributed by atoms with E-state index in [9.17, 15) is 8.42 Å². The molecule has 2 fully saturated rings. The molecule has 0 aromatic carbocycles. The number of thiophene rings is 1. The number of anilines is 1. The highest BCUT2D eigenvalue weighted by Gasteiger charge is 2.22. The number of halogens is 1. The summed E-state index contributed by atoms with van der Waals surface area (Å²) in [5, 5.41) is 6.88. The van der Waals surface area contributed by atoms with Crippen molar-refractivity contribution in [3.63, 3.8) is 0 Å². The molecule has 3 rings (SSSR count). The van der Waals surface area contributed by atoms with Gasteiger partial charge in [-0.3, -0.25) is 9.89 Å². The summed E-state index contributed by atoms with van der Waals surface area (Å²) >= 11 is 1.79. The number of guanidine groups is 1. The Bertz CT molecular complexity index is 659. The third kappa shape index (κ3) is 5.96. The summed E-state index contributed by atoms with van der Waals surface area (Å²) in [6.45, 7) is 6.85. The van der Waals surface area contributed by atoms with Crippen LogP contribution in [-0.4, -0.2) is 95.1 Å². The molecule has 0 unspecified atom stereocenters. The maximum absolute atomic E-state index is 11.5. The number of sulfone groups is 1. The normalized spacial score (nSPS) is 21.3. The van der Waals surface area contributed by atoms with Crippen LogP contribution in [-0.2, 0) is 9.84 Å². The van der Waals surface area contributed by atoms with Crippen LogP contribution in [0.15, 0.2) is 22.5 Å². The Morgan fingerprint density at radius 1 is 1.19 bits per heavy atom. The van der Waals surface area contributed by atoms with Crippen LogP contribution in [0, 0.1) is 0 Å². The lowest BCUT2D eigenvalue weighted by molar-refractivity contribution is 0.296. The van der Waals surface area contributed by atoms with Gasteiger partial charge in [-0.1, -0.05) is 0 Å². The molecule has 1 aromatic heterocycles. The van der Waals surface area contributed by atoms with Crippen molar-refractivity contribution >= 4 is 56.1 Å². The Kier molecular flexibility index (Phi) is 8.42. The van der Waals surface area contributed by atoms with Crippen LogP contribution in [0.5, 0.6) is 0 Å². The highest BCUT2D eigenvalue weighted by Crippen LogP contribution is 2.22. The number of rotatable bonds is 4. The molecule has 3 heterocycles. The van der Waals surface area contributed by atoms with Gasteiger partial charge in [0.05, 0.1) is 16.5 Å². The Balaban J connectivity index is 0.00000243. The average molecular weight is 513 g/mol. The largest absolute Gasteiger partial charge is 0.360 e.